The molecule has 1 heterocycles. The fraction of sp³-hybridized carbons (Fsp3) is 0.353. The molecular formula is C17H22N2O2. The van der Waals surface area contributed by atoms with Crippen LogP contribution in [0.3, 0.4) is 0 Å². The Labute approximate surface area is 125 Å². The summed E-state index contributed by atoms with van der Waals surface area (Å²) < 4.78 is 5.29. The van der Waals surface area contributed by atoms with E-state index in [2.05, 4.69) is 17.6 Å². The van der Waals surface area contributed by atoms with Gasteiger partial charge in [-0.2, -0.15) is 0 Å². The molecule has 0 fully saturated rings. The van der Waals surface area contributed by atoms with Gasteiger partial charge in [0, 0.05) is 30.3 Å². The number of hydrogen-bond acceptors (Lipinski definition) is 3. The van der Waals surface area contributed by atoms with Crippen molar-refractivity contribution >= 4 is 11.6 Å². The van der Waals surface area contributed by atoms with E-state index >= 15 is 0 Å². The molecule has 2 rings (SSSR count). The topological polar surface area (TPSA) is 54.3 Å². The van der Waals surface area contributed by atoms with Crippen molar-refractivity contribution in [2.24, 2.45) is 0 Å². The van der Waals surface area contributed by atoms with Gasteiger partial charge in [0.05, 0.1) is 6.26 Å². The predicted octanol–water partition coefficient (Wildman–Crippen LogP) is 3.38. The number of hydrogen-bond donors (Lipinski definition) is 2. The standard InChI is InChI=1S/C17H22N2O2/c1-4-18-16-8-7-14(10-12(16)2)17(20)19-13(3)11-15-6-5-9-21-15/h5-10,13,18H,4,11H2,1-3H3,(H,19,20). The minimum Gasteiger partial charge on any atom is -0.469 e. The third kappa shape index (κ3) is 4.12. The molecule has 0 saturated carbocycles. The number of furan rings is 1. The second kappa shape index (κ2) is 6.97. The molecule has 0 aliphatic carbocycles. The molecule has 1 atom stereocenters. The van der Waals surface area contributed by atoms with Gasteiger partial charge in [-0.15, -0.1) is 0 Å². The molecule has 0 aliphatic heterocycles. The summed E-state index contributed by atoms with van der Waals surface area (Å²) in [5, 5.41) is 6.26. The van der Waals surface area contributed by atoms with Crippen molar-refractivity contribution in [2.75, 3.05) is 11.9 Å². The third-order valence-electron chi connectivity index (χ3n) is 3.32. The van der Waals surface area contributed by atoms with Gasteiger partial charge in [0.25, 0.3) is 5.91 Å². The Morgan fingerprint density at radius 1 is 1.33 bits per heavy atom. The summed E-state index contributed by atoms with van der Waals surface area (Å²) in [4.78, 5) is 12.2. The van der Waals surface area contributed by atoms with Gasteiger partial charge in [-0.1, -0.05) is 0 Å². The maximum Gasteiger partial charge on any atom is 0.251 e. The predicted molar refractivity (Wildman–Crippen MR) is 84.7 cm³/mol. The van der Waals surface area contributed by atoms with Crippen LogP contribution >= 0.6 is 0 Å². The fourth-order valence-electron chi connectivity index (χ4n) is 2.28. The molecule has 0 radical (unpaired) electrons. The highest BCUT2D eigenvalue weighted by molar-refractivity contribution is 5.95. The Morgan fingerprint density at radius 2 is 2.14 bits per heavy atom. The number of benzene rings is 1. The second-order valence-corrected chi connectivity index (χ2v) is 5.22. The highest BCUT2D eigenvalue weighted by Crippen LogP contribution is 2.16. The van der Waals surface area contributed by atoms with Crippen LogP contribution < -0.4 is 10.6 Å². The molecule has 1 unspecified atom stereocenters. The third-order valence-corrected chi connectivity index (χ3v) is 3.32. The number of carbonyl (C=O) groups excluding carboxylic acids is 1. The minimum atomic E-state index is -0.0554. The van der Waals surface area contributed by atoms with Gasteiger partial charge in [0.2, 0.25) is 0 Å². The van der Waals surface area contributed by atoms with Crippen molar-refractivity contribution in [1.29, 1.82) is 0 Å². The quantitative estimate of drug-likeness (QED) is 0.856. The Kier molecular flexibility index (Phi) is 5.04. The van der Waals surface area contributed by atoms with E-state index in [1.54, 1.807) is 6.26 Å². The maximum atomic E-state index is 12.2. The zero-order valence-electron chi connectivity index (χ0n) is 12.8. The zero-order valence-corrected chi connectivity index (χ0v) is 12.8. The summed E-state index contributed by atoms with van der Waals surface area (Å²) >= 11 is 0. The molecule has 112 valence electrons. The first-order chi connectivity index (χ1) is 10.1. The first kappa shape index (κ1) is 15.2. The van der Waals surface area contributed by atoms with Crippen molar-refractivity contribution in [3.63, 3.8) is 0 Å². The fourth-order valence-corrected chi connectivity index (χ4v) is 2.28. The number of nitrogens with one attached hydrogen (secondary N) is 2. The summed E-state index contributed by atoms with van der Waals surface area (Å²) in [6.45, 7) is 6.89. The van der Waals surface area contributed by atoms with Gasteiger partial charge in [-0.05, 0) is 56.7 Å². The van der Waals surface area contributed by atoms with Crippen LogP contribution in [0, 0.1) is 6.92 Å². The lowest BCUT2D eigenvalue weighted by atomic mass is 10.1. The van der Waals surface area contributed by atoms with Crippen LogP contribution in [0.4, 0.5) is 5.69 Å². The monoisotopic (exact) mass is 286 g/mol. The van der Waals surface area contributed by atoms with Crippen LogP contribution in [-0.4, -0.2) is 18.5 Å². The molecule has 21 heavy (non-hydrogen) atoms. The van der Waals surface area contributed by atoms with Gasteiger partial charge in [-0.25, -0.2) is 0 Å². The SMILES string of the molecule is CCNc1ccc(C(=O)NC(C)Cc2ccco2)cc1C. The van der Waals surface area contributed by atoms with Crippen molar-refractivity contribution in [1.82, 2.24) is 5.32 Å². The molecule has 0 aliphatic rings. The van der Waals surface area contributed by atoms with E-state index in [9.17, 15) is 4.79 Å². The summed E-state index contributed by atoms with van der Waals surface area (Å²) in [6.07, 6.45) is 2.33. The van der Waals surface area contributed by atoms with E-state index in [-0.39, 0.29) is 11.9 Å². The largest absolute Gasteiger partial charge is 0.469 e. The van der Waals surface area contributed by atoms with Crippen molar-refractivity contribution in [3.05, 3.63) is 53.5 Å². The molecule has 0 saturated heterocycles. The summed E-state index contributed by atoms with van der Waals surface area (Å²) in [5.41, 5.74) is 2.82. The highest BCUT2D eigenvalue weighted by Gasteiger charge is 2.12. The Balaban J connectivity index is 1.98. The average molecular weight is 286 g/mol. The number of aryl methyl sites for hydroxylation is 1. The zero-order chi connectivity index (χ0) is 15.2. The van der Waals surface area contributed by atoms with E-state index in [4.69, 9.17) is 4.42 Å². The maximum absolute atomic E-state index is 12.2. The van der Waals surface area contributed by atoms with Crippen molar-refractivity contribution in [2.45, 2.75) is 33.2 Å². The molecule has 2 aromatic rings. The van der Waals surface area contributed by atoms with E-state index in [1.807, 2.05) is 44.2 Å². The van der Waals surface area contributed by atoms with Crippen LogP contribution in [0.25, 0.3) is 0 Å². The Morgan fingerprint density at radius 3 is 2.76 bits per heavy atom. The summed E-state index contributed by atoms with van der Waals surface area (Å²) in [5.74, 6) is 0.821. The van der Waals surface area contributed by atoms with Crippen LogP contribution in [0.15, 0.2) is 41.0 Å². The summed E-state index contributed by atoms with van der Waals surface area (Å²) in [7, 11) is 0. The summed E-state index contributed by atoms with van der Waals surface area (Å²) in [6, 6.07) is 9.50. The molecular weight excluding hydrogens is 264 g/mol. The smallest absolute Gasteiger partial charge is 0.251 e. The first-order valence-corrected chi connectivity index (χ1v) is 7.28. The Bertz CT molecular complexity index is 591. The van der Waals surface area contributed by atoms with Crippen molar-refractivity contribution < 1.29 is 9.21 Å². The lowest BCUT2D eigenvalue weighted by molar-refractivity contribution is 0.0939. The van der Waals surface area contributed by atoms with E-state index in [0.717, 1.165) is 23.6 Å². The van der Waals surface area contributed by atoms with Gasteiger partial charge < -0.3 is 15.1 Å². The van der Waals surface area contributed by atoms with Gasteiger partial charge in [0.15, 0.2) is 0 Å². The molecule has 4 nitrogen and oxygen atoms in total. The Hall–Kier alpha value is -2.23. The number of amides is 1. The first-order valence-electron chi connectivity index (χ1n) is 7.28. The van der Waals surface area contributed by atoms with E-state index in [1.165, 1.54) is 0 Å². The molecule has 0 spiro atoms. The van der Waals surface area contributed by atoms with Gasteiger partial charge in [-0.3, -0.25) is 4.79 Å². The van der Waals surface area contributed by atoms with Gasteiger partial charge >= 0.3 is 0 Å². The van der Waals surface area contributed by atoms with Crippen LogP contribution in [0.2, 0.25) is 0 Å². The average Bonchev–Trinajstić information content (AvgIpc) is 2.93. The lowest BCUT2D eigenvalue weighted by Gasteiger charge is -2.14. The molecule has 0 bridgehead atoms. The minimum absolute atomic E-state index is 0.0254. The van der Waals surface area contributed by atoms with Crippen LogP contribution in [0.5, 0.6) is 0 Å². The molecule has 1 aromatic carbocycles. The molecule has 1 amide bonds. The molecule has 1 aromatic heterocycles. The lowest BCUT2D eigenvalue weighted by Crippen LogP contribution is -2.34. The second-order valence-electron chi connectivity index (χ2n) is 5.22. The van der Waals surface area contributed by atoms with Crippen LogP contribution in [-0.2, 0) is 6.42 Å². The number of carbonyl (C=O) groups is 1. The molecule has 4 heteroatoms. The van der Waals surface area contributed by atoms with Crippen molar-refractivity contribution in [3.8, 4) is 0 Å². The number of anilines is 1. The number of rotatable bonds is 6. The normalized spacial score (nSPS) is 12.0. The van der Waals surface area contributed by atoms with E-state index in [0.29, 0.717) is 12.0 Å². The molecule has 2 N–H and O–H groups in total. The van der Waals surface area contributed by atoms with E-state index < -0.39 is 0 Å². The van der Waals surface area contributed by atoms with Gasteiger partial charge in [0.1, 0.15) is 5.76 Å². The highest BCUT2D eigenvalue weighted by atomic mass is 16.3. The van der Waals surface area contributed by atoms with Crippen LogP contribution in [0.1, 0.15) is 35.5 Å².